The second-order valence-corrected chi connectivity index (χ2v) is 11.1. The lowest BCUT2D eigenvalue weighted by molar-refractivity contribution is -0.256. The number of amides is 1. The van der Waals surface area contributed by atoms with Crippen LogP contribution in [0.25, 0.3) is 11.1 Å². The van der Waals surface area contributed by atoms with Crippen LogP contribution in [0.1, 0.15) is 48.9 Å². The molecule has 2 heterocycles. The topological polar surface area (TPSA) is 53.0 Å². The van der Waals surface area contributed by atoms with Gasteiger partial charge < -0.3 is 19.6 Å². The molecule has 1 amide bonds. The number of halogens is 4. The number of carbonyl (C=O) groups is 1. The highest BCUT2D eigenvalue weighted by Crippen LogP contribution is 2.53. The van der Waals surface area contributed by atoms with Crippen molar-refractivity contribution >= 4 is 5.91 Å². The molecule has 206 valence electrons. The summed E-state index contributed by atoms with van der Waals surface area (Å²) in [6.07, 6.45) is -1.38. The standard InChI is InChI=1S/C29H34F4N2O3/c30-26-16-22(27(37)35-15-10-23(36)17-35)4-7-25(26)21-2-5-24(6-3-21)38-18-20-8-13-34(14-9-20)19-28(11-1-12-28)29(31,32)33/h2-7,16,20,23,36H,1,8-15,17-19H2/t23-/m1/s1. The Morgan fingerprint density at radius 3 is 2.29 bits per heavy atom. The van der Waals surface area contributed by atoms with Crippen molar-refractivity contribution in [1.82, 2.24) is 9.80 Å². The lowest BCUT2D eigenvalue weighted by Crippen LogP contribution is -2.53. The van der Waals surface area contributed by atoms with Gasteiger partial charge in [0, 0.05) is 30.8 Å². The molecular formula is C29H34F4N2O3. The first kappa shape index (κ1) is 26.9. The van der Waals surface area contributed by atoms with Crippen LogP contribution in [0.4, 0.5) is 17.6 Å². The third kappa shape index (κ3) is 5.69. The Hall–Kier alpha value is -2.65. The van der Waals surface area contributed by atoms with E-state index in [0.717, 1.165) is 12.8 Å². The molecule has 3 aliphatic rings. The van der Waals surface area contributed by atoms with Crippen molar-refractivity contribution in [2.24, 2.45) is 11.3 Å². The number of likely N-dealkylation sites (tertiary alicyclic amines) is 2. The first-order valence-corrected chi connectivity index (χ1v) is 13.4. The highest BCUT2D eigenvalue weighted by molar-refractivity contribution is 5.95. The van der Waals surface area contributed by atoms with Gasteiger partial charge in [-0.2, -0.15) is 13.2 Å². The number of nitrogens with zero attached hydrogens (tertiary/aromatic N) is 2. The average Bonchev–Trinajstić information content (AvgIpc) is 3.31. The van der Waals surface area contributed by atoms with Gasteiger partial charge in [0.25, 0.3) is 5.91 Å². The molecule has 9 heteroatoms. The van der Waals surface area contributed by atoms with Gasteiger partial charge in [0.05, 0.1) is 18.1 Å². The molecule has 5 nitrogen and oxygen atoms in total. The zero-order chi connectivity index (χ0) is 26.9. The molecule has 1 atom stereocenters. The van der Waals surface area contributed by atoms with Gasteiger partial charge in [-0.05, 0) is 80.9 Å². The summed E-state index contributed by atoms with van der Waals surface area (Å²) >= 11 is 0. The molecule has 3 fully saturated rings. The van der Waals surface area contributed by atoms with Gasteiger partial charge in [-0.15, -0.1) is 0 Å². The average molecular weight is 535 g/mol. The Labute approximate surface area is 220 Å². The Kier molecular flexibility index (Phi) is 7.69. The van der Waals surface area contributed by atoms with Gasteiger partial charge in [-0.1, -0.05) is 24.6 Å². The Bertz CT molecular complexity index is 1130. The quantitative estimate of drug-likeness (QED) is 0.475. The molecule has 1 saturated carbocycles. The molecule has 5 rings (SSSR count). The Morgan fingerprint density at radius 2 is 1.74 bits per heavy atom. The molecule has 38 heavy (non-hydrogen) atoms. The predicted molar refractivity (Wildman–Crippen MR) is 135 cm³/mol. The van der Waals surface area contributed by atoms with E-state index in [-0.39, 0.29) is 43.3 Å². The van der Waals surface area contributed by atoms with Crippen molar-refractivity contribution in [2.45, 2.75) is 50.8 Å². The summed E-state index contributed by atoms with van der Waals surface area (Å²) < 4.78 is 61.3. The molecule has 2 aromatic rings. The summed E-state index contributed by atoms with van der Waals surface area (Å²) in [7, 11) is 0. The molecule has 0 unspecified atom stereocenters. The number of alkyl halides is 3. The van der Waals surface area contributed by atoms with Gasteiger partial charge in [-0.3, -0.25) is 4.79 Å². The smallest absolute Gasteiger partial charge is 0.395 e. The summed E-state index contributed by atoms with van der Waals surface area (Å²) in [5.74, 6) is 0.157. The van der Waals surface area contributed by atoms with Crippen molar-refractivity contribution in [2.75, 3.05) is 39.3 Å². The minimum atomic E-state index is -4.13. The highest BCUT2D eigenvalue weighted by Gasteiger charge is 2.58. The van der Waals surface area contributed by atoms with Crippen molar-refractivity contribution in [1.29, 1.82) is 0 Å². The summed E-state index contributed by atoms with van der Waals surface area (Å²) in [5, 5.41) is 9.65. The first-order chi connectivity index (χ1) is 18.1. The molecule has 0 bridgehead atoms. The predicted octanol–water partition coefficient (Wildman–Crippen LogP) is 5.52. The third-order valence-corrected chi connectivity index (χ3v) is 8.46. The summed E-state index contributed by atoms with van der Waals surface area (Å²) in [6, 6.07) is 11.5. The van der Waals surface area contributed by atoms with Crippen LogP contribution in [0.3, 0.4) is 0 Å². The Balaban J connectivity index is 1.11. The van der Waals surface area contributed by atoms with Gasteiger partial charge >= 0.3 is 6.18 Å². The van der Waals surface area contributed by atoms with Crippen LogP contribution in [0.15, 0.2) is 42.5 Å². The van der Waals surface area contributed by atoms with Gasteiger partial charge in [-0.25, -0.2) is 4.39 Å². The van der Waals surface area contributed by atoms with Crippen molar-refractivity contribution in [3.63, 3.8) is 0 Å². The van der Waals surface area contributed by atoms with Crippen LogP contribution in [-0.2, 0) is 0 Å². The fourth-order valence-corrected chi connectivity index (χ4v) is 5.81. The number of hydrogen-bond acceptors (Lipinski definition) is 4. The van der Waals surface area contributed by atoms with Gasteiger partial charge in [0.2, 0.25) is 0 Å². The van der Waals surface area contributed by atoms with E-state index in [4.69, 9.17) is 4.74 Å². The lowest BCUT2D eigenvalue weighted by atomic mass is 9.67. The molecule has 0 spiro atoms. The molecule has 2 aliphatic heterocycles. The molecule has 0 radical (unpaired) electrons. The second-order valence-electron chi connectivity index (χ2n) is 11.1. The lowest BCUT2D eigenvalue weighted by Gasteiger charge is -2.47. The third-order valence-electron chi connectivity index (χ3n) is 8.46. The number of ether oxygens (including phenoxy) is 1. The maximum atomic E-state index is 14.9. The fourth-order valence-electron chi connectivity index (χ4n) is 5.81. The number of rotatable bonds is 7. The number of hydrogen-bond donors (Lipinski definition) is 1. The maximum absolute atomic E-state index is 14.9. The van der Waals surface area contributed by atoms with E-state index in [1.807, 2.05) is 4.90 Å². The van der Waals surface area contributed by atoms with E-state index in [1.165, 1.54) is 11.0 Å². The minimum absolute atomic E-state index is 0.110. The number of aliphatic hydroxyl groups is 1. The second kappa shape index (κ2) is 10.8. The summed E-state index contributed by atoms with van der Waals surface area (Å²) in [6.45, 7) is 2.64. The maximum Gasteiger partial charge on any atom is 0.395 e. The van der Waals surface area contributed by atoms with E-state index in [2.05, 4.69) is 0 Å². The largest absolute Gasteiger partial charge is 0.493 e. The number of carbonyl (C=O) groups excluding carboxylic acids is 1. The van der Waals surface area contributed by atoms with Crippen LogP contribution in [0.2, 0.25) is 0 Å². The van der Waals surface area contributed by atoms with E-state index < -0.39 is 23.5 Å². The first-order valence-electron chi connectivity index (χ1n) is 13.4. The number of aliphatic hydroxyl groups excluding tert-OH is 1. The normalized spacial score (nSPS) is 22.3. The molecule has 2 aromatic carbocycles. The molecular weight excluding hydrogens is 500 g/mol. The van der Waals surface area contributed by atoms with E-state index in [1.54, 1.807) is 36.4 Å². The van der Waals surface area contributed by atoms with Gasteiger partial charge in [0.1, 0.15) is 11.6 Å². The van der Waals surface area contributed by atoms with E-state index >= 15 is 0 Å². The van der Waals surface area contributed by atoms with Crippen molar-refractivity contribution < 1.29 is 32.2 Å². The number of benzene rings is 2. The van der Waals surface area contributed by atoms with Crippen LogP contribution in [0, 0.1) is 17.2 Å². The van der Waals surface area contributed by atoms with Crippen LogP contribution in [-0.4, -0.2) is 72.4 Å². The summed E-state index contributed by atoms with van der Waals surface area (Å²) in [4.78, 5) is 16.0. The van der Waals surface area contributed by atoms with Crippen LogP contribution >= 0.6 is 0 Å². The number of piperidine rings is 1. The minimum Gasteiger partial charge on any atom is -0.493 e. The van der Waals surface area contributed by atoms with E-state index in [9.17, 15) is 27.5 Å². The molecule has 1 aliphatic carbocycles. The zero-order valence-electron chi connectivity index (χ0n) is 21.4. The van der Waals surface area contributed by atoms with Crippen molar-refractivity contribution in [3.8, 4) is 16.9 Å². The van der Waals surface area contributed by atoms with Crippen LogP contribution < -0.4 is 4.74 Å². The zero-order valence-corrected chi connectivity index (χ0v) is 21.4. The van der Waals surface area contributed by atoms with Gasteiger partial charge in [0.15, 0.2) is 0 Å². The Morgan fingerprint density at radius 1 is 1.03 bits per heavy atom. The molecule has 1 N–H and O–H groups in total. The van der Waals surface area contributed by atoms with Crippen molar-refractivity contribution in [3.05, 3.63) is 53.8 Å². The van der Waals surface area contributed by atoms with E-state index in [0.29, 0.717) is 56.0 Å². The highest BCUT2D eigenvalue weighted by atomic mass is 19.4. The summed E-state index contributed by atoms with van der Waals surface area (Å²) in [5.41, 5.74) is -0.212. The monoisotopic (exact) mass is 534 g/mol. The molecule has 2 saturated heterocycles. The SMILES string of the molecule is O=C(c1ccc(-c2ccc(OCC3CCN(CC4(C(F)(F)F)CCC4)CC3)cc2)c(F)c1)N1CC[C@@H](O)C1. The number of β-amino-alcohol motifs (C(OH)–C–C–N with tert-alkyl or cyclic N) is 1. The molecule has 0 aromatic heterocycles. The fraction of sp³-hybridized carbons (Fsp3) is 0.552. The van der Waals surface area contributed by atoms with Crippen LogP contribution in [0.5, 0.6) is 5.75 Å².